The minimum absolute atomic E-state index is 0.00728. The third kappa shape index (κ3) is 4.14. The molecule has 2 heterocycles. The summed E-state index contributed by atoms with van der Waals surface area (Å²) in [4.78, 5) is 0. The molecule has 0 fully saturated rings. The SMILES string of the molecule is CC(C)(N)CCc1ccc2c(c1)CCc1c-2noc1-c1noc(-c2ccccc2)c1C(F)(F)F. The number of benzene rings is 2. The fraction of sp³-hybridized carbons (Fsp3) is 0.308. The zero-order valence-electron chi connectivity index (χ0n) is 18.9. The minimum Gasteiger partial charge on any atom is -0.355 e. The van der Waals surface area contributed by atoms with E-state index >= 15 is 0 Å². The fourth-order valence-electron chi connectivity index (χ4n) is 4.40. The third-order valence-corrected chi connectivity index (χ3v) is 6.14. The van der Waals surface area contributed by atoms with Crippen LogP contribution in [-0.2, 0) is 25.4 Å². The van der Waals surface area contributed by atoms with Gasteiger partial charge in [0, 0.05) is 22.2 Å². The molecule has 0 bridgehead atoms. The van der Waals surface area contributed by atoms with Crippen molar-refractivity contribution in [1.29, 1.82) is 0 Å². The van der Waals surface area contributed by atoms with E-state index in [1.807, 2.05) is 26.0 Å². The van der Waals surface area contributed by atoms with Gasteiger partial charge in [0.25, 0.3) is 0 Å². The maximum absolute atomic E-state index is 14.1. The van der Waals surface area contributed by atoms with Crippen LogP contribution in [0.5, 0.6) is 0 Å². The highest BCUT2D eigenvalue weighted by Gasteiger charge is 2.43. The standard InChI is InChI=1S/C26H24F3N3O2/c1-25(2,30)13-12-15-8-10-18-17(14-15)9-11-19-21(18)31-34-24(19)22-20(26(27,28)29)23(33-32-22)16-6-4-3-5-7-16/h3-8,10,14H,9,11-13,30H2,1-2H3. The van der Waals surface area contributed by atoms with E-state index in [0.29, 0.717) is 29.7 Å². The molecule has 0 unspecified atom stereocenters. The molecule has 0 aliphatic heterocycles. The summed E-state index contributed by atoms with van der Waals surface area (Å²) in [6.45, 7) is 3.99. The van der Waals surface area contributed by atoms with Gasteiger partial charge in [-0.15, -0.1) is 0 Å². The van der Waals surface area contributed by atoms with Crippen molar-refractivity contribution in [1.82, 2.24) is 10.3 Å². The molecule has 0 radical (unpaired) electrons. The predicted octanol–water partition coefficient (Wildman–Crippen LogP) is 6.45. The van der Waals surface area contributed by atoms with Gasteiger partial charge in [0.15, 0.2) is 17.2 Å². The molecule has 2 N–H and O–H groups in total. The smallest absolute Gasteiger partial charge is 0.355 e. The van der Waals surface area contributed by atoms with Crippen LogP contribution in [0, 0.1) is 0 Å². The molecule has 34 heavy (non-hydrogen) atoms. The number of nitrogens with zero attached hydrogens (tertiary/aromatic N) is 2. The summed E-state index contributed by atoms with van der Waals surface area (Å²) in [5.74, 6) is -0.329. The molecule has 176 valence electrons. The summed E-state index contributed by atoms with van der Waals surface area (Å²) in [6.07, 6.45) is -1.82. The van der Waals surface area contributed by atoms with Crippen molar-refractivity contribution in [3.63, 3.8) is 0 Å². The maximum Gasteiger partial charge on any atom is 0.422 e. The van der Waals surface area contributed by atoms with Gasteiger partial charge >= 0.3 is 6.18 Å². The van der Waals surface area contributed by atoms with E-state index in [9.17, 15) is 13.2 Å². The Kier molecular flexibility index (Phi) is 5.36. The zero-order valence-corrected chi connectivity index (χ0v) is 18.9. The van der Waals surface area contributed by atoms with Crippen LogP contribution in [0.25, 0.3) is 34.0 Å². The van der Waals surface area contributed by atoms with Gasteiger partial charge in [-0.1, -0.05) is 58.8 Å². The molecule has 5 nitrogen and oxygen atoms in total. The Hall–Kier alpha value is -3.39. The first-order valence-corrected chi connectivity index (χ1v) is 11.1. The molecule has 4 aromatic rings. The molecular formula is C26H24F3N3O2. The summed E-state index contributed by atoms with van der Waals surface area (Å²) in [5, 5.41) is 7.94. The summed E-state index contributed by atoms with van der Waals surface area (Å²) in [5.41, 5.74) is 9.13. The van der Waals surface area contributed by atoms with Crippen LogP contribution < -0.4 is 5.73 Å². The lowest BCUT2D eigenvalue weighted by Gasteiger charge is -2.20. The summed E-state index contributed by atoms with van der Waals surface area (Å²) in [6, 6.07) is 14.2. The molecule has 1 aliphatic carbocycles. The Morgan fingerprint density at radius 3 is 2.32 bits per heavy atom. The molecule has 0 saturated carbocycles. The highest BCUT2D eigenvalue weighted by molar-refractivity contribution is 5.79. The molecule has 0 saturated heterocycles. The Balaban J connectivity index is 1.55. The van der Waals surface area contributed by atoms with Crippen LogP contribution in [0.4, 0.5) is 13.2 Å². The summed E-state index contributed by atoms with van der Waals surface area (Å²) in [7, 11) is 0. The van der Waals surface area contributed by atoms with Crippen molar-refractivity contribution in [3.8, 4) is 34.0 Å². The second-order valence-electron chi connectivity index (χ2n) is 9.42. The first kappa shape index (κ1) is 22.4. The van der Waals surface area contributed by atoms with Gasteiger partial charge in [-0.3, -0.25) is 0 Å². The molecule has 8 heteroatoms. The summed E-state index contributed by atoms with van der Waals surface area (Å²) < 4.78 is 53.0. The quantitative estimate of drug-likeness (QED) is 0.365. The second-order valence-corrected chi connectivity index (χ2v) is 9.42. The number of hydrogen-bond donors (Lipinski definition) is 1. The predicted molar refractivity (Wildman–Crippen MR) is 122 cm³/mol. The van der Waals surface area contributed by atoms with E-state index in [1.54, 1.807) is 30.3 Å². The molecule has 0 atom stereocenters. The average molecular weight is 467 g/mol. The molecular weight excluding hydrogens is 443 g/mol. The van der Waals surface area contributed by atoms with E-state index in [4.69, 9.17) is 14.8 Å². The van der Waals surface area contributed by atoms with E-state index in [2.05, 4.69) is 16.4 Å². The number of fused-ring (bicyclic) bond motifs is 3. The van der Waals surface area contributed by atoms with Crippen LogP contribution in [0.2, 0.25) is 0 Å². The number of halogens is 3. The topological polar surface area (TPSA) is 78.1 Å². The van der Waals surface area contributed by atoms with Crippen molar-refractivity contribution < 1.29 is 22.2 Å². The fourth-order valence-corrected chi connectivity index (χ4v) is 4.40. The van der Waals surface area contributed by atoms with Gasteiger partial charge in [-0.05, 0) is 50.7 Å². The molecule has 2 aromatic carbocycles. The van der Waals surface area contributed by atoms with E-state index in [-0.39, 0.29) is 22.8 Å². The molecule has 0 spiro atoms. The monoisotopic (exact) mass is 467 g/mol. The van der Waals surface area contributed by atoms with E-state index in [1.165, 1.54) is 5.56 Å². The van der Waals surface area contributed by atoms with Crippen LogP contribution in [0.1, 0.15) is 42.5 Å². The van der Waals surface area contributed by atoms with Crippen molar-refractivity contribution in [2.24, 2.45) is 5.73 Å². The van der Waals surface area contributed by atoms with Gasteiger partial charge in [0.05, 0.1) is 0 Å². The largest absolute Gasteiger partial charge is 0.422 e. The third-order valence-electron chi connectivity index (χ3n) is 6.14. The molecule has 5 rings (SSSR count). The lowest BCUT2D eigenvalue weighted by molar-refractivity contribution is -0.136. The number of rotatable bonds is 5. The molecule has 1 aliphatic rings. The van der Waals surface area contributed by atoms with Crippen LogP contribution in [-0.4, -0.2) is 15.9 Å². The Bertz CT molecular complexity index is 1330. The van der Waals surface area contributed by atoms with Gasteiger partial charge in [0.1, 0.15) is 11.3 Å². The van der Waals surface area contributed by atoms with Crippen LogP contribution >= 0.6 is 0 Å². The van der Waals surface area contributed by atoms with Crippen molar-refractivity contribution in [2.45, 2.75) is 51.2 Å². The van der Waals surface area contributed by atoms with Crippen molar-refractivity contribution >= 4 is 0 Å². The van der Waals surface area contributed by atoms with E-state index < -0.39 is 11.7 Å². The number of aromatic nitrogens is 2. The first-order valence-electron chi connectivity index (χ1n) is 11.1. The van der Waals surface area contributed by atoms with Gasteiger partial charge in [0.2, 0.25) is 0 Å². The lowest BCUT2D eigenvalue weighted by atomic mass is 9.86. The first-order chi connectivity index (χ1) is 16.1. The maximum atomic E-state index is 14.1. The normalized spacial score (nSPS) is 13.6. The van der Waals surface area contributed by atoms with E-state index in [0.717, 1.165) is 24.0 Å². The zero-order chi connectivity index (χ0) is 24.1. The number of alkyl halides is 3. The van der Waals surface area contributed by atoms with Crippen LogP contribution in [0.15, 0.2) is 57.6 Å². The Morgan fingerprint density at radius 2 is 1.62 bits per heavy atom. The molecule has 2 aromatic heterocycles. The number of nitrogens with two attached hydrogens (primary N) is 1. The van der Waals surface area contributed by atoms with Gasteiger partial charge in [-0.2, -0.15) is 13.2 Å². The highest BCUT2D eigenvalue weighted by atomic mass is 19.4. The van der Waals surface area contributed by atoms with Gasteiger partial charge in [-0.25, -0.2) is 0 Å². The van der Waals surface area contributed by atoms with Gasteiger partial charge < -0.3 is 14.8 Å². The highest BCUT2D eigenvalue weighted by Crippen LogP contribution is 2.46. The van der Waals surface area contributed by atoms with Crippen LogP contribution in [0.3, 0.4) is 0 Å². The number of aryl methyl sites for hydroxylation is 2. The van der Waals surface area contributed by atoms with Crippen molar-refractivity contribution in [2.75, 3.05) is 0 Å². The lowest BCUT2D eigenvalue weighted by Crippen LogP contribution is -2.32. The Morgan fingerprint density at radius 1 is 0.912 bits per heavy atom. The number of hydrogen-bond acceptors (Lipinski definition) is 5. The average Bonchev–Trinajstić information content (AvgIpc) is 3.42. The minimum atomic E-state index is -4.68. The summed E-state index contributed by atoms with van der Waals surface area (Å²) >= 11 is 0. The molecule has 0 amide bonds. The Labute approximate surface area is 194 Å². The second kappa shape index (κ2) is 8.13. The van der Waals surface area contributed by atoms with Crippen molar-refractivity contribution in [3.05, 3.63) is 70.8 Å².